The maximum absolute atomic E-state index is 12.0. The Morgan fingerprint density at radius 3 is 2.77 bits per heavy atom. The summed E-state index contributed by atoms with van der Waals surface area (Å²) in [5.41, 5.74) is 0.677. The Kier molecular flexibility index (Phi) is 4.55. The zero-order valence-corrected chi connectivity index (χ0v) is 13.4. The molecule has 0 spiro atoms. The SMILES string of the molecule is Cc1cc(OC[C@@H]2CCN2C(=O)OC(C)(C)C)cnc1C#N. The first-order chi connectivity index (χ1) is 10.3. The van der Waals surface area contributed by atoms with Crippen molar-refractivity contribution in [2.75, 3.05) is 13.2 Å². The lowest BCUT2D eigenvalue weighted by molar-refractivity contribution is -0.0141. The van der Waals surface area contributed by atoms with Crippen LogP contribution in [-0.4, -0.2) is 40.8 Å². The van der Waals surface area contributed by atoms with Crippen molar-refractivity contribution in [2.45, 2.75) is 45.8 Å². The number of nitriles is 1. The van der Waals surface area contributed by atoms with E-state index in [1.54, 1.807) is 11.0 Å². The molecule has 0 bridgehead atoms. The van der Waals surface area contributed by atoms with Crippen molar-refractivity contribution in [1.29, 1.82) is 5.26 Å². The Hall–Kier alpha value is -2.29. The molecular formula is C16H21N3O3. The first-order valence-electron chi connectivity index (χ1n) is 7.29. The van der Waals surface area contributed by atoms with Gasteiger partial charge in [0.1, 0.15) is 29.7 Å². The van der Waals surface area contributed by atoms with E-state index < -0.39 is 5.60 Å². The predicted octanol–water partition coefficient (Wildman–Crippen LogP) is 2.65. The van der Waals surface area contributed by atoms with Crippen LogP contribution in [0, 0.1) is 18.3 Å². The number of amides is 1. The molecule has 1 aromatic rings. The smallest absolute Gasteiger partial charge is 0.410 e. The largest absolute Gasteiger partial charge is 0.490 e. The minimum atomic E-state index is -0.494. The van der Waals surface area contributed by atoms with Gasteiger partial charge in [0.25, 0.3) is 0 Å². The molecule has 0 radical (unpaired) electrons. The summed E-state index contributed by atoms with van der Waals surface area (Å²) in [7, 11) is 0. The van der Waals surface area contributed by atoms with Crippen molar-refractivity contribution in [3.05, 3.63) is 23.5 Å². The average molecular weight is 303 g/mol. The number of pyridine rings is 1. The first kappa shape index (κ1) is 16.1. The molecule has 22 heavy (non-hydrogen) atoms. The molecule has 0 unspecified atom stereocenters. The van der Waals surface area contributed by atoms with Crippen molar-refractivity contribution in [3.8, 4) is 11.8 Å². The standard InChI is InChI=1S/C16H21N3O3/c1-11-7-13(9-18-14(11)8-17)21-10-12-5-6-19(12)15(20)22-16(2,3)4/h7,9,12H,5-6,10H2,1-4H3/t12-/m0/s1. The van der Waals surface area contributed by atoms with Gasteiger partial charge in [-0.1, -0.05) is 0 Å². The van der Waals surface area contributed by atoms with Crippen LogP contribution in [0.3, 0.4) is 0 Å². The normalized spacial score (nSPS) is 17.4. The summed E-state index contributed by atoms with van der Waals surface area (Å²) in [5.74, 6) is 0.604. The summed E-state index contributed by atoms with van der Waals surface area (Å²) >= 11 is 0. The molecule has 0 N–H and O–H groups in total. The Labute approximate surface area is 130 Å². The van der Waals surface area contributed by atoms with Gasteiger partial charge in [-0.05, 0) is 45.7 Å². The fourth-order valence-electron chi connectivity index (χ4n) is 2.11. The minimum Gasteiger partial charge on any atom is -0.490 e. The number of likely N-dealkylation sites (tertiary alicyclic amines) is 1. The zero-order valence-electron chi connectivity index (χ0n) is 13.4. The summed E-state index contributed by atoms with van der Waals surface area (Å²) < 4.78 is 11.0. The Morgan fingerprint density at radius 1 is 1.55 bits per heavy atom. The molecular weight excluding hydrogens is 282 g/mol. The van der Waals surface area contributed by atoms with Gasteiger partial charge in [0.15, 0.2) is 0 Å². The number of carbonyl (C=O) groups excluding carboxylic acids is 1. The molecule has 1 saturated heterocycles. The van der Waals surface area contributed by atoms with Crippen LogP contribution in [0.4, 0.5) is 4.79 Å². The molecule has 6 nitrogen and oxygen atoms in total. The van der Waals surface area contributed by atoms with Gasteiger partial charge in [0.2, 0.25) is 0 Å². The van der Waals surface area contributed by atoms with E-state index in [1.807, 2.05) is 33.8 Å². The van der Waals surface area contributed by atoms with Crippen LogP contribution in [0.2, 0.25) is 0 Å². The molecule has 1 aliphatic heterocycles. The number of nitrogens with zero attached hydrogens (tertiary/aromatic N) is 3. The second-order valence-electron chi connectivity index (χ2n) is 6.38. The summed E-state index contributed by atoms with van der Waals surface area (Å²) in [4.78, 5) is 17.7. The molecule has 1 amide bonds. The highest BCUT2D eigenvalue weighted by atomic mass is 16.6. The quantitative estimate of drug-likeness (QED) is 0.858. The zero-order chi connectivity index (χ0) is 16.3. The van der Waals surface area contributed by atoms with Crippen molar-refractivity contribution in [2.24, 2.45) is 0 Å². The third-order valence-corrected chi connectivity index (χ3v) is 3.37. The lowest BCUT2D eigenvalue weighted by Crippen LogP contribution is -2.55. The second-order valence-corrected chi connectivity index (χ2v) is 6.38. The van der Waals surface area contributed by atoms with Gasteiger partial charge >= 0.3 is 6.09 Å². The number of rotatable bonds is 3. The van der Waals surface area contributed by atoms with E-state index in [0.29, 0.717) is 24.6 Å². The number of carbonyl (C=O) groups is 1. The molecule has 2 heterocycles. The first-order valence-corrected chi connectivity index (χ1v) is 7.29. The molecule has 2 rings (SSSR count). The fourth-order valence-corrected chi connectivity index (χ4v) is 2.11. The van der Waals surface area contributed by atoms with E-state index >= 15 is 0 Å². The molecule has 1 aromatic heterocycles. The van der Waals surface area contributed by atoms with Crippen LogP contribution < -0.4 is 4.74 Å². The lowest BCUT2D eigenvalue weighted by Gasteiger charge is -2.40. The summed E-state index contributed by atoms with van der Waals surface area (Å²) in [6, 6.07) is 3.82. The third kappa shape index (κ3) is 3.88. The van der Waals surface area contributed by atoms with E-state index in [4.69, 9.17) is 14.7 Å². The topological polar surface area (TPSA) is 75.4 Å². The summed E-state index contributed by atoms with van der Waals surface area (Å²) in [6.45, 7) is 8.44. The average Bonchev–Trinajstić information content (AvgIpc) is 2.35. The number of hydrogen-bond acceptors (Lipinski definition) is 5. The highest BCUT2D eigenvalue weighted by Crippen LogP contribution is 2.23. The maximum Gasteiger partial charge on any atom is 0.410 e. The van der Waals surface area contributed by atoms with Crippen LogP contribution in [0.25, 0.3) is 0 Å². The highest BCUT2D eigenvalue weighted by Gasteiger charge is 2.35. The lowest BCUT2D eigenvalue weighted by atomic mass is 10.1. The predicted molar refractivity (Wildman–Crippen MR) is 80.5 cm³/mol. The van der Waals surface area contributed by atoms with E-state index in [9.17, 15) is 4.79 Å². The van der Waals surface area contributed by atoms with Crippen LogP contribution in [0.15, 0.2) is 12.3 Å². The number of ether oxygens (including phenoxy) is 2. The van der Waals surface area contributed by atoms with Gasteiger partial charge in [0, 0.05) is 6.54 Å². The van der Waals surface area contributed by atoms with Crippen molar-refractivity contribution in [1.82, 2.24) is 9.88 Å². The van der Waals surface area contributed by atoms with Crippen LogP contribution in [0.5, 0.6) is 5.75 Å². The number of aryl methyl sites for hydroxylation is 1. The van der Waals surface area contributed by atoms with Gasteiger partial charge < -0.3 is 14.4 Å². The van der Waals surface area contributed by atoms with Gasteiger partial charge in [-0.3, -0.25) is 0 Å². The molecule has 6 heteroatoms. The molecule has 1 atom stereocenters. The van der Waals surface area contributed by atoms with Crippen LogP contribution >= 0.6 is 0 Å². The Balaban J connectivity index is 1.88. The van der Waals surface area contributed by atoms with E-state index in [0.717, 1.165) is 12.0 Å². The van der Waals surface area contributed by atoms with Crippen molar-refractivity contribution < 1.29 is 14.3 Å². The molecule has 118 valence electrons. The van der Waals surface area contributed by atoms with Gasteiger partial charge in [-0.15, -0.1) is 0 Å². The van der Waals surface area contributed by atoms with Crippen molar-refractivity contribution >= 4 is 6.09 Å². The molecule has 0 saturated carbocycles. The number of hydrogen-bond donors (Lipinski definition) is 0. The molecule has 0 aromatic carbocycles. The van der Waals surface area contributed by atoms with E-state index in [-0.39, 0.29) is 12.1 Å². The van der Waals surface area contributed by atoms with Crippen LogP contribution in [0.1, 0.15) is 38.4 Å². The Morgan fingerprint density at radius 2 is 2.27 bits per heavy atom. The monoisotopic (exact) mass is 303 g/mol. The maximum atomic E-state index is 12.0. The fraction of sp³-hybridized carbons (Fsp3) is 0.562. The number of aromatic nitrogens is 1. The molecule has 1 fully saturated rings. The Bertz CT molecular complexity index is 602. The van der Waals surface area contributed by atoms with E-state index in [2.05, 4.69) is 4.98 Å². The van der Waals surface area contributed by atoms with Gasteiger partial charge in [-0.2, -0.15) is 5.26 Å². The highest BCUT2D eigenvalue weighted by molar-refractivity contribution is 5.69. The molecule has 0 aliphatic carbocycles. The summed E-state index contributed by atoms with van der Waals surface area (Å²) in [5, 5.41) is 8.85. The van der Waals surface area contributed by atoms with Crippen molar-refractivity contribution in [3.63, 3.8) is 0 Å². The minimum absolute atomic E-state index is 0.0193. The third-order valence-electron chi connectivity index (χ3n) is 3.37. The van der Waals surface area contributed by atoms with Crippen LogP contribution in [-0.2, 0) is 4.74 Å². The van der Waals surface area contributed by atoms with Gasteiger partial charge in [-0.25, -0.2) is 9.78 Å². The van der Waals surface area contributed by atoms with E-state index in [1.165, 1.54) is 6.20 Å². The summed E-state index contributed by atoms with van der Waals surface area (Å²) in [6.07, 6.45) is 2.12. The van der Waals surface area contributed by atoms with Gasteiger partial charge in [0.05, 0.1) is 12.2 Å². The second kappa shape index (κ2) is 6.22. The molecule has 1 aliphatic rings.